The molecule has 0 unspecified atom stereocenters. The van der Waals surface area contributed by atoms with Gasteiger partial charge in [0.2, 0.25) is 6.79 Å². The van der Waals surface area contributed by atoms with E-state index in [4.69, 9.17) is 19.9 Å². The quantitative estimate of drug-likeness (QED) is 0.797. The van der Waals surface area contributed by atoms with E-state index in [1.807, 2.05) is 37.8 Å². The Hall–Kier alpha value is -2.25. The molecule has 7 nitrogen and oxygen atoms in total. The van der Waals surface area contributed by atoms with Crippen molar-refractivity contribution in [3.63, 3.8) is 0 Å². The van der Waals surface area contributed by atoms with Gasteiger partial charge >= 0.3 is 0 Å². The minimum absolute atomic E-state index is 0.158. The van der Waals surface area contributed by atoms with Gasteiger partial charge in [0.15, 0.2) is 11.5 Å². The largest absolute Gasteiger partial charge is 0.493 e. The summed E-state index contributed by atoms with van der Waals surface area (Å²) in [5.74, 6) is 2.69. The molecule has 0 amide bonds. The minimum Gasteiger partial charge on any atom is -0.493 e. The third kappa shape index (κ3) is 3.43. The molecule has 0 saturated carbocycles. The molecule has 2 N–H and O–H groups in total. The smallest absolute Gasteiger partial charge is 0.231 e. The summed E-state index contributed by atoms with van der Waals surface area (Å²) in [6.45, 7) is 3.82. The average Bonchev–Trinajstić information content (AvgIpc) is 3.31. The van der Waals surface area contributed by atoms with Crippen molar-refractivity contribution in [1.82, 2.24) is 14.5 Å². The molecule has 1 aromatic carbocycles. The first-order valence-corrected chi connectivity index (χ1v) is 8.67. The molecule has 2 atom stereocenters. The number of aromatic nitrogens is 2. The van der Waals surface area contributed by atoms with Crippen LogP contribution in [0.3, 0.4) is 0 Å². The van der Waals surface area contributed by atoms with Crippen LogP contribution in [0.2, 0.25) is 0 Å². The van der Waals surface area contributed by atoms with Gasteiger partial charge in [-0.25, -0.2) is 4.98 Å². The Labute approximate surface area is 147 Å². The Morgan fingerprint density at radius 3 is 3.00 bits per heavy atom. The van der Waals surface area contributed by atoms with Crippen molar-refractivity contribution < 1.29 is 14.2 Å². The zero-order chi connectivity index (χ0) is 17.2. The summed E-state index contributed by atoms with van der Waals surface area (Å²) in [6.07, 6.45) is 4.72. The summed E-state index contributed by atoms with van der Waals surface area (Å²) in [7, 11) is 2.02. The lowest BCUT2D eigenvalue weighted by Gasteiger charge is -2.16. The fourth-order valence-electron chi connectivity index (χ4n) is 3.58. The Morgan fingerprint density at radius 1 is 1.28 bits per heavy atom. The molecule has 7 heteroatoms. The maximum atomic E-state index is 6.34. The fraction of sp³-hybridized carbons (Fsp3) is 0.500. The zero-order valence-electron chi connectivity index (χ0n) is 14.4. The van der Waals surface area contributed by atoms with Crippen LogP contribution in [0.5, 0.6) is 17.2 Å². The summed E-state index contributed by atoms with van der Waals surface area (Å²) in [5, 5.41) is 0. The molecule has 0 radical (unpaired) electrons. The molecule has 134 valence electrons. The average molecular weight is 344 g/mol. The second-order valence-electron chi connectivity index (χ2n) is 6.68. The van der Waals surface area contributed by atoms with Crippen LogP contribution in [0, 0.1) is 0 Å². The number of likely N-dealkylation sites (tertiary alicyclic amines) is 1. The lowest BCUT2D eigenvalue weighted by molar-refractivity contribution is 0.173. The highest BCUT2D eigenvalue weighted by molar-refractivity contribution is 5.46. The van der Waals surface area contributed by atoms with E-state index in [1.165, 1.54) is 5.69 Å². The van der Waals surface area contributed by atoms with Crippen LogP contribution in [0.15, 0.2) is 30.7 Å². The number of imidazole rings is 1. The van der Waals surface area contributed by atoms with E-state index in [0.717, 1.165) is 43.3 Å². The van der Waals surface area contributed by atoms with E-state index in [-0.39, 0.29) is 12.8 Å². The molecule has 2 aromatic rings. The predicted octanol–water partition coefficient (Wildman–Crippen LogP) is 1.34. The lowest BCUT2D eigenvalue weighted by atomic mass is 10.0. The second kappa shape index (κ2) is 6.93. The van der Waals surface area contributed by atoms with Gasteiger partial charge in [0.1, 0.15) is 5.75 Å². The maximum Gasteiger partial charge on any atom is 0.231 e. The second-order valence-corrected chi connectivity index (χ2v) is 6.68. The number of hydrogen-bond donors (Lipinski definition) is 1. The molecule has 1 fully saturated rings. The molecule has 0 aliphatic carbocycles. The Kier molecular flexibility index (Phi) is 4.50. The first-order valence-electron chi connectivity index (χ1n) is 8.67. The van der Waals surface area contributed by atoms with Crippen LogP contribution in [0.1, 0.15) is 18.0 Å². The first kappa shape index (κ1) is 16.2. The molecule has 1 saturated heterocycles. The summed E-state index contributed by atoms with van der Waals surface area (Å²) in [5.41, 5.74) is 7.55. The molecular formula is C18H24N4O3. The number of benzene rings is 1. The van der Waals surface area contributed by atoms with Gasteiger partial charge in [-0.2, -0.15) is 0 Å². The van der Waals surface area contributed by atoms with Crippen LogP contribution in [0.25, 0.3) is 0 Å². The van der Waals surface area contributed by atoms with Gasteiger partial charge < -0.3 is 29.4 Å². The molecule has 1 aromatic heterocycles. The van der Waals surface area contributed by atoms with E-state index in [1.54, 1.807) is 0 Å². The summed E-state index contributed by atoms with van der Waals surface area (Å²) < 4.78 is 18.6. The van der Waals surface area contributed by atoms with Gasteiger partial charge in [-0.15, -0.1) is 0 Å². The number of nitrogens with zero attached hydrogens (tertiary/aromatic N) is 3. The third-order valence-electron chi connectivity index (χ3n) is 4.91. The van der Waals surface area contributed by atoms with Crippen molar-refractivity contribution in [3.8, 4) is 17.2 Å². The van der Waals surface area contributed by atoms with Crippen LogP contribution in [0.4, 0.5) is 0 Å². The van der Waals surface area contributed by atoms with Gasteiger partial charge in [0.05, 0.1) is 12.9 Å². The third-order valence-corrected chi connectivity index (χ3v) is 4.91. The number of ether oxygens (including phenoxy) is 3. The van der Waals surface area contributed by atoms with E-state index in [9.17, 15) is 0 Å². The van der Waals surface area contributed by atoms with Crippen molar-refractivity contribution in [3.05, 3.63) is 36.4 Å². The summed E-state index contributed by atoms with van der Waals surface area (Å²) in [4.78, 5) is 6.62. The van der Waals surface area contributed by atoms with Gasteiger partial charge in [-0.3, -0.25) is 0 Å². The number of aryl methyl sites for hydroxylation is 1. The molecule has 3 heterocycles. The van der Waals surface area contributed by atoms with Crippen LogP contribution < -0.4 is 19.9 Å². The Bertz CT molecular complexity index is 733. The standard InChI is InChI=1S/C18H24N4O3/c1-21-11-20-8-16(21)14-9-22(10-15(14)19)5-2-6-23-13-3-4-17-18(7-13)25-12-24-17/h3-4,7-8,11,14-15H,2,5-6,9-10,12,19H2,1H3/t14-,15-/m1/s1. The highest BCUT2D eigenvalue weighted by atomic mass is 16.7. The molecular weight excluding hydrogens is 320 g/mol. The van der Waals surface area contributed by atoms with Gasteiger partial charge in [0.25, 0.3) is 0 Å². The van der Waals surface area contributed by atoms with Crippen molar-refractivity contribution in [2.75, 3.05) is 33.0 Å². The molecule has 0 bridgehead atoms. The Balaban J connectivity index is 1.24. The van der Waals surface area contributed by atoms with E-state index >= 15 is 0 Å². The van der Waals surface area contributed by atoms with Crippen LogP contribution in [-0.4, -0.2) is 53.5 Å². The number of rotatable bonds is 6. The molecule has 25 heavy (non-hydrogen) atoms. The first-order chi connectivity index (χ1) is 12.2. The van der Waals surface area contributed by atoms with Crippen molar-refractivity contribution >= 4 is 0 Å². The normalized spacial score (nSPS) is 22.5. The van der Waals surface area contributed by atoms with E-state index < -0.39 is 0 Å². The molecule has 2 aliphatic heterocycles. The molecule has 4 rings (SSSR count). The van der Waals surface area contributed by atoms with Crippen LogP contribution >= 0.6 is 0 Å². The van der Waals surface area contributed by atoms with Crippen molar-refractivity contribution in [2.24, 2.45) is 12.8 Å². The van der Waals surface area contributed by atoms with Gasteiger partial charge in [-0.1, -0.05) is 0 Å². The topological polar surface area (TPSA) is 74.8 Å². The van der Waals surface area contributed by atoms with E-state index in [2.05, 4.69) is 14.5 Å². The minimum atomic E-state index is 0.158. The molecule has 2 aliphatic rings. The fourth-order valence-corrected chi connectivity index (χ4v) is 3.58. The number of fused-ring (bicyclic) bond motifs is 1. The highest BCUT2D eigenvalue weighted by Gasteiger charge is 2.32. The van der Waals surface area contributed by atoms with Crippen molar-refractivity contribution in [1.29, 1.82) is 0 Å². The SMILES string of the molecule is Cn1cncc1[C@@H]1CN(CCCOc2ccc3c(c2)OCO3)C[C@H]1N. The summed E-state index contributed by atoms with van der Waals surface area (Å²) >= 11 is 0. The highest BCUT2D eigenvalue weighted by Crippen LogP contribution is 2.35. The van der Waals surface area contributed by atoms with Crippen LogP contribution in [-0.2, 0) is 7.05 Å². The predicted molar refractivity (Wildman–Crippen MR) is 93.0 cm³/mol. The maximum absolute atomic E-state index is 6.34. The number of hydrogen-bond acceptors (Lipinski definition) is 6. The monoisotopic (exact) mass is 344 g/mol. The zero-order valence-corrected chi connectivity index (χ0v) is 14.4. The Morgan fingerprint density at radius 2 is 2.16 bits per heavy atom. The van der Waals surface area contributed by atoms with Crippen molar-refractivity contribution in [2.45, 2.75) is 18.4 Å². The number of nitrogens with two attached hydrogens (primary N) is 1. The molecule has 0 spiro atoms. The van der Waals surface area contributed by atoms with Gasteiger partial charge in [-0.05, 0) is 18.6 Å². The lowest BCUT2D eigenvalue weighted by Crippen LogP contribution is -2.29. The van der Waals surface area contributed by atoms with E-state index in [0.29, 0.717) is 12.5 Å². The summed E-state index contributed by atoms with van der Waals surface area (Å²) in [6, 6.07) is 5.84. The van der Waals surface area contributed by atoms with Gasteiger partial charge in [0, 0.05) is 56.6 Å².